The van der Waals surface area contributed by atoms with Crippen LogP contribution in [0, 0.1) is 12.8 Å². The molecule has 18 heavy (non-hydrogen) atoms. The van der Waals surface area contributed by atoms with Crippen LogP contribution < -0.4 is 5.32 Å². The number of nitrogens with zero attached hydrogens (tertiary/aromatic N) is 3. The molecule has 4 heteroatoms. The molecular formula is C14H26N4. The first-order valence-electron chi connectivity index (χ1n) is 6.64. The van der Waals surface area contributed by atoms with Crippen LogP contribution in [0.15, 0.2) is 12.3 Å². The molecular weight excluding hydrogens is 224 g/mol. The van der Waals surface area contributed by atoms with Crippen LogP contribution in [0.25, 0.3) is 0 Å². The van der Waals surface area contributed by atoms with Gasteiger partial charge in [-0.25, -0.2) is 9.97 Å². The molecule has 0 spiro atoms. The van der Waals surface area contributed by atoms with Crippen LogP contribution >= 0.6 is 0 Å². The van der Waals surface area contributed by atoms with E-state index in [0.717, 1.165) is 24.6 Å². The summed E-state index contributed by atoms with van der Waals surface area (Å²) in [5.41, 5.74) is 1.06. The summed E-state index contributed by atoms with van der Waals surface area (Å²) in [6.07, 6.45) is 3.00. The molecule has 0 aromatic carbocycles. The van der Waals surface area contributed by atoms with Gasteiger partial charge in [-0.3, -0.25) is 0 Å². The molecule has 0 aliphatic heterocycles. The van der Waals surface area contributed by atoms with Gasteiger partial charge in [0.05, 0.1) is 5.69 Å². The smallest absolute Gasteiger partial charge is 0.125 e. The highest BCUT2D eigenvalue weighted by atomic mass is 15.1. The zero-order valence-electron chi connectivity index (χ0n) is 12.3. The fourth-order valence-electron chi connectivity index (χ4n) is 2.08. The normalized spacial score (nSPS) is 13.3. The van der Waals surface area contributed by atoms with Gasteiger partial charge >= 0.3 is 0 Å². The first kappa shape index (κ1) is 15.1. The van der Waals surface area contributed by atoms with Gasteiger partial charge in [-0.2, -0.15) is 0 Å². The Labute approximate surface area is 111 Å². The minimum Gasteiger partial charge on any atom is -0.308 e. The molecule has 1 unspecified atom stereocenters. The van der Waals surface area contributed by atoms with E-state index in [1.54, 1.807) is 0 Å². The zero-order valence-corrected chi connectivity index (χ0v) is 12.3. The molecule has 4 nitrogen and oxygen atoms in total. The predicted molar refractivity (Wildman–Crippen MR) is 75.4 cm³/mol. The van der Waals surface area contributed by atoms with Crippen LogP contribution in [0.2, 0.25) is 0 Å². The standard InChI is InChI=1S/C14H26N4/c1-11(2)8-14(10-18(4)5)16-9-13-6-7-15-12(3)17-13/h6-7,11,14,16H,8-10H2,1-5H3. The number of hydrogen-bond acceptors (Lipinski definition) is 4. The fourth-order valence-corrected chi connectivity index (χ4v) is 2.08. The van der Waals surface area contributed by atoms with Crippen LogP contribution in [0.5, 0.6) is 0 Å². The van der Waals surface area contributed by atoms with E-state index in [2.05, 4.69) is 48.1 Å². The maximum Gasteiger partial charge on any atom is 0.125 e. The number of rotatable bonds is 7. The lowest BCUT2D eigenvalue weighted by molar-refractivity contribution is 0.304. The largest absolute Gasteiger partial charge is 0.308 e. The third-order valence-corrected chi connectivity index (χ3v) is 2.75. The monoisotopic (exact) mass is 250 g/mol. The summed E-state index contributed by atoms with van der Waals surface area (Å²) in [5.74, 6) is 1.54. The molecule has 0 radical (unpaired) electrons. The SMILES string of the molecule is Cc1nccc(CNC(CC(C)C)CN(C)C)n1. The van der Waals surface area contributed by atoms with E-state index in [-0.39, 0.29) is 0 Å². The Hall–Kier alpha value is -1.00. The highest BCUT2D eigenvalue weighted by Gasteiger charge is 2.11. The molecule has 1 aromatic rings. The third kappa shape index (κ3) is 6.07. The minimum absolute atomic E-state index is 0.510. The topological polar surface area (TPSA) is 41.1 Å². The van der Waals surface area contributed by atoms with Gasteiger partial charge in [-0.05, 0) is 39.4 Å². The van der Waals surface area contributed by atoms with Gasteiger partial charge in [0.15, 0.2) is 0 Å². The number of likely N-dealkylation sites (N-methyl/N-ethyl adjacent to an activating group) is 1. The van der Waals surface area contributed by atoms with Crippen molar-refractivity contribution in [3.05, 3.63) is 23.8 Å². The molecule has 0 aliphatic rings. The van der Waals surface area contributed by atoms with Crippen molar-refractivity contribution < 1.29 is 0 Å². The van der Waals surface area contributed by atoms with Gasteiger partial charge in [-0.15, -0.1) is 0 Å². The summed E-state index contributed by atoms with van der Waals surface area (Å²) in [4.78, 5) is 10.8. The number of nitrogens with one attached hydrogen (secondary N) is 1. The average Bonchev–Trinajstić information content (AvgIpc) is 2.24. The van der Waals surface area contributed by atoms with E-state index in [0.29, 0.717) is 12.0 Å². The average molecular weight is 250 g/mol. The summed E-state index contributed by atoms with van der Waals surface area (Å²) < 4.78 is 0. The van der Waals surface area contributed by atoms with Gasteiger partial charge in [0.25, 0.3) is 0 Å². The summed E-state index contributed by atoms with van der Waals surface area (Å²) in [7, 11) is 4.23. The molecule has 1 heterocycles. The molecule has 0 aliphatic carbocycles. The summed E-state index contributed by atoms with van der Waals surface area (Å²) >= 11 is 0. The van der Waals surface area contributed by atoms with E-state index >= 15 is 0 Å². The van der Waals surface area contributed by atoms with Crippen molar-refractivity contribution in [1.82, 2.24) is 20.2 Å². The quantitative estimate of drug-likeness (QED) is 0.802. The Balaban J connectivity index is 2.50. The molecule has 102 valence electrons. The van der Waals surface area contributed by atoms with Crippen molar-refractivity contribution in [3.63, 3.8) is 0 Å². The van der Waals surface area contributed by atoms with E-state index in [1.807, 2.05) is 19.2 Å². The molecule has 0 saturated carbocycles. The van der Waals surface area contributed by atoms with Gasteiger partial charge in [0.1, 0.15) is 5.82 Å². The van der Waals surface area contributed by atoms with E-state index in [9.17, 15) is 0 Å². The Bertz CT molecular complexity index is 339. The molecule has 1 N–H and O–H groups in total. The van der Waals surface area contributed by atoms with Crippen LogP contribution in [-0.4, -0.2) is 41.5 Å². The highest BCUT2D eigenvalue weighted by Crippen LogP contribution is 2.06. The van der Waals surface area contributed by atoms with E-state index < -0.39 is 0 Å². The lowest BCUT2D eigenvalue weighted by Crippen LogP contribution is -2.39. The predicted octanol–water partition coefficient (Wildman–Crippen LogP) is 1.85. The fraction of sp³-hybridized carbons (Fsp3) is 0.714. The maximum absolute atomic E-state index is 4.42. The lowest BCUT2D eigenvalue weighted by atomic mass is 10.0. The molecule has 1 rings (SSSR count). The summed E-state index contributed by atoms with van der Waals surface area (Å²) in [5, 5.41) is 3.59. The molecule has 0 bridgehead atoms. The third-order valence-electron chi connectivity index (χ3n) is 2.75. The first-order chi connectivity index (χ1) is 8.47. The van der Waals surface area contributed by atoms with E-state index in [1.165, 1.54) is 6.42 Å². The van der Waals surface area contributed by atoms with Crippen LogP contribution in [-0.2, 0) is 6.54 Å². The van der Waals surface area contributed by atoms with Crippen molar-refractivity contribution >= 4 is 0 Å². The van der Waals surface area contributed by atoms with Crippen molar-refractivity contribution in [3.8, 4) is 0 Å². The number of aromatic nitrogens is 2. The summed E-state index contributed by atoms with van der Waals surface area (Å²) in [6.45, 7) is 8.32. The summed E-state index contributed by atoms with van der Waals surface area (Å²) in [6, 6.07) is 2.48. The van der Waals surface area contributed by atoms with Crippen LogP contribution in [0.4, 0.5) is 0 Å². The number of hydrogen-bond donors (Lipinski definition) is 1. The maximum atomic E-state index is 4.42. The van der Waals surface area contributed by atoms with E-state index in [4.69, 9.17) is 0 Å². The van der Waals surface area contributed by atoms with Crippen molar-refractivity contribution in [2.24, 2.45) is 5.92 Å². The van der Waals surface area contributed by atoms with Crippen LogP contribution in [0.3, 0.4) is 0 Å². The Kier molecular flexibility index (Phi) is 6.22. The Morgan fingerprint density at radius 1 is 1.33 bits per heavy atom. The Morgan fingerprint density at radius 2 is 2.06 bits per heavy atom. The number of aryl methyl sites for hydroxylation is 1. The highest BCUT2D eigenvalue weighted by molar-refractivity contribution is 5.01. The molecule has 0 saturated heterocycles. The lowest BCUT2D eigenvalue weighted by Gasteiger charge is -2.24. The van der Waals surface area contributed by atoms with Crippen molar-refractivity contribution in [2.45, 2.75) is 39.8 Å². The Morgan fingerprint density at radius 3 is 2.61 bits per heavy atom. The molecule has 1 aromatic heterocycles. The first-order valence-corrected chi connectivity index (χ1v) is 6.64. The second kappa shape index (κ2) is 7.44. The van der Waals surface area contributed by atoms with Gasteiger partial charge in [0, 0.05) is 25.3 Å². The van der Waals surface area contributed by atoms with Gasteiger partial charge in [-0.1, -0.05) is 13.8 Å². The molecule has 1 atom stereocenters. The second-order valence-electron chi connectivity index (χ2n) is 5.56. The van der Waals surface area contributed by atoms with Crippen molar-refractivity contribution in [2.75, 3.05) is 20.6 Å². The second-order valence-corrected chi connectivity index (χ2v) is 5.56. The van der Waals surface area contributed by atoms with Gasteiger partial charge in [0.2, 0.25) is 0 Å². The zero-order chi connectivity index (χ0) is 13.5. The molecule has 0 amide bonds. The molecule has 0 fully saturated rings. The van der Waals surface area contributed by atoms with Crippen molar-refractivity contribution in [1.29, 1.82) is 0 Å². The minimum atomic E-state index is 0.510. The van der Waals surface area contributed by atoms with Crippen LogP contribution in [0.1, 0.15) is 31.8 Å². The van der Waals surface area contributed by atoms with Gasteiger partial charge < -0.3 is 10.2 Å².